The molecule has 0 radical (unpaired) electrons. The second-order valence-electron chi connectivity index (χ2n) is 5.53. The summed E-state index contributed by atoms with van der Waals surface area (Å²) in [5.41, 5.74) is -0.922. The molecule has 0 aromatic heterocycles. The van der Waals surface area contributed by atoms with Gasteiger partial charge in [-0.05, 0) is 32.9 Å². The van der Waals surface area contributed by atoms with Gasteiger partial charge in [0.25, 0.3) is 0 Å². The number of hydrogen-bond donors (Lipinski definition) is 1. The fraction of sp³-hybridized carbons (Fsp3) is 0.429. The summed E-state index contributed by atoms with van der Waals surface area (Å²) in [5, 5.41) is 9.16. The van der Waals surface area contributed by atoms with Crippen LogP contribution in [0.5, 0.6) is 0 Å². The Kier molecular flexibility index (Phi) is 5.55. The quantitative estimate of drug-likeness (QED) is 0.842. The van der Waals surface area contributed by atoms with Gasteiger partial charge in [-0.1, -0.05) is 17.7 Å². The highest BCUT2D eigenvalue weighted by molar-refractivity contribution is 7.89. The molecule has 0 heterocycles. The van der Waals surface area contributed by atoms with Gasteiger partial charge in [-0.2, -0.15) is 4.31 Å². The monoisotopic (exact) mass is 335 g/mol. The fourth-order valence-electron chi connectivity index (χ4n) is 1.89. The molecule has 0 bridgehead atoms. The molecule has 4 nitrogen and oxygen atoms in total. The zero-order valence-electron chi connectivity index (χ0n) is 12.2. The molecule has 21 heavy (non-hydrogen) atoms. The first-order chi connectivity index (χ1) is 9.55. The van der Waals surface area contributed by atoms with Crippen molar-refractivity contribution in [2.75, 3.05) is 6.54 Å². The number of halogens is 2. The molecule has 1 aromatic rings. The van der Waals surface area contributed by atoms with Crippen molar-refractivity contribution in [3.8, 4) is 0 Å². The summed E-state index contributed by atoms with van der Waals surface area (Å²) in [6.45, 7) is 8.02. The van der Waals surface area contributed by atoms with Gasteiger partial charge in [0.2, 0.25) is 10.0 Å². The Bertz CT molecular complexity index is 638. The third-order valence-corrected chi connectivity index (χ3v) is 5.21. The predicted molar refractivity (Wildman–Crippen MR) is 81.2 cm³/mol. The van der Waals surface area contributed by atoms with Gasteiger partial charge < -0.3 is 5.11 Å². The highest BCUT2D eigenvalue weighted by Gasteiger charge is 2.35. The summed E-state index contributed by atoms with van der Waals surface area (Å²) in [6, 6.07) is 2.25. The Hall–Kier alpha value is -0.950. The van der Waals surface area contributed by atoms with Crippen molar-refractivity contribution in [3.63, 3.8) is 0 Å². The molecule has 0 spiro atoms. The van der Waals surface area contributed by atoms with Crippen LogP contribution in [-0.4, -0.2) is 29.9 Å². The minimum Gasteiger partial charge on any atom is -0.392 e. The van der Waals surface area contributed by atoms with Gasteiger partial charge in [-0.15, -0.1) is 6.58 Å². The van der Waals surface area contributed by atoms with Crippen molar-refractivity contribution >= 4 is 21.6 Å². The van der Waals surface area contributed by atoms with Gasteiger partial charge in [0.15, 0.2) is 0 Å². The standard InChI is InChI=1S/C14H19ClFNO3S/c1-5-6-17(14(2,3)4)21(19,20)12-8-11(15)7-10(9-18)13(12)16/h5,7-8,18H,1,6,9H2,2-4H3. The summed E-state index contributed by atoms with van der Waals surface area (Å²) >= 11 is 5.82. The lowest BCUT2D eigenvalue weighted by Crippen LogP contribution is -2.45. The zero-order valence-corrected chi connectivity index (χ0v) is 13.8. The van der Waals surface area contributed by atoms with Crippen molar-refractivity contribution in [3.05, 3.63) is 41.2 Å². The van der Waals surface area contributed by atoms with Crippen LogP contribution < -0.4 is 0 Å². The van der Waals surface area contributed by atoms with Crippen molar-refractivity contribution in [2.45, 2.75) is 37.8 Å². The van der Waals surface area contributed by atoms with Gasteiger partial charge in [0, 0.05) is 22.7 Å². The van der Waals surface area contributed by atoms with E-state index in [2.05, 4.69) is 6.58 Å². The molecule has 0 aliphatic rings. The summed E-state index contributed by atoms with van der Waals surface area (Å²) in [7, 11) is -4.12. The van der Waals surface area contributed by atoms with E-state index >= 15 is 0 Å². The summed E-state index contributed by atoms with van der Waals surface area (Å²) in [4.78, 5) is -0.546. The van der Waals surface area contributed by atoms with E-state index in [1.165, 1.54) is 12.1 Å². The van der Waals surface area contributed by atoms with Crippen molar-refractivity contribution < 1.29 is 17.9 Å². The smallest absolute Gasteiger partial charge is 0.246 e. The van der Waals surface area contributed by atoms with E-state index in [-0.39, 0.29) is 17.1 Å². The topological polar surface area (TPSA) is 57.6 Å². The van der Waals surface area contributed by atoms with Gasteiger partial charge in [-0.3, -0.25) is 0 Å². The number of nitrogens with zero attached hydrogens (tertiary/aromatic N) is 1. The van der Waals surface area contributed by atoms with Crippen LogP contribution >= 0.6 is 11.6 Å². The molecule has 0 aliphatic heterocycles. The van der Waals surface area contributed by atoms with E-state index in [4.69, 9.17) is 16.7 Å². The minimum absolute atomic E-state index is 0.0340. The Balaban J connectivity index is 3.56. The number of aliphatic hydroxyl groups is 1. The molecule has 7 heteroatoms. The zero-order chi connectivity index (χ0) is 16.4. The summed E-state index contributed by atoms with van der Waals surface area (Å²) in [5.74, 6) is -0.986. The van der Waals surface area contributed by atoms with E-state index in [1.54, 1.807) is 20.8 Å². The number of benzene rings is 1. The molecule has 1 rings (SSSR count). The molecule has 1 aromatic carbocycles. The summed E-state index contributed by atoms with van der Waals surface area (Å²) in [6.07, 6.45) is 1.43. The first-order valence-electron chi connectivity index (χ1n) is 6.28. The van der Waals surface area contributed by atoms with E-state index in [9.17, 15) is 12.8 Å². The number of hydrogen-bond acceptors (Lipinski definition) is 3. The Morgan fingerprint density at radius 3 is 2.43 bits per heavy atom. The second-order valence-corrected chi connectivity index (χ2v) is 7.80. The maximum absolute atomic E-state index is 14.3. The molecule has 0 atom stereocenters. The van der Waals surface area contributed by atoms with Crippen LogP contribution in [0.25, 0.3) is 0 Å². The van der Waals surface area contributed by atoms with Crippen LogP contribution in [0.15, 0.2) is 29.7 Å². The van der Waals surface area contributed by atoms with Crippen LogP contribution in [-0.2, 0) is 16.6 Å². The number of rotatable bonds is 5. The Morgan fingerprint density at radius 1 is 1.43 bits per heavy atom. The molecule has 118 valence electrons. The third-order valence-electron chi connectivity index (χ3n) is 2.86. The molecule has 0 fully saturated rings. The lowest BCUT2D eigenvalue weighted by atomic mass is 10.1. The largest absolute Gasteiger partial charge is 0.392 e. The van der Waals surface area contributed by atoms with Crippen molar-refractivity contribution in [1.82, 2.24) is 4.31 Å². The highest BCUT2D eigenvalue weighted by Crippen LogP contribution is 2.30. The van der Waals surface area contributed by atoms with E-state index < -0.39 is 32.9 Å². The van der Waals surface area contributed by atoms with Crippen molar-refractivity contribution in [1.29, 1.82) is 0 Å². The van der Waals surface area contributed by atoms with Crippen molar-refractivity contribution in [2.24, 2.45) is 0 Å². The molecule has 0 saturated heterocycles. The Labute approximate surface area is 129 Å². The van der Waals surface area contributed by atoms with Crippen LogP contribution in [0.3, 0.4) is 0 Å². The van der Waals surface area contributed by atoms with Crippen LogP contribution in [0.2, 0.25) is 5.02 Å². The SMILES string of the molecule is C=CCN(C(C)(C)C)S(=O)(=O)c1cc(Cl)cc(CO)c1F. The molecule has 0 aliphatic carbocycles. The molecular weight excluding hydrogens is 317 g/mol. The first-order valence-corrected chi connectivity index (χ1v) is 8.10. The maximum Gasteiger partial charge on any atom is 0.246 e. The number of sulfonamides is 1. The molecule has 0 saturated carbocycles. The van der Waals surface area contributed by atoms with Crippen LogP contribution in [0, 0.1) is 5.82 Å². The summed E-state index contributed by atoms with van der Waals surface area (Å²) < 4.78 is 40.8. The average Bonchev–Trinajstić information content (AvgIpc) is 2.36. The van der Waals surface area contributed by atoms with Gasteiger partial charge in [0.1, 0.15) is 10.7 Å². The Morgan fingerprint density at radius 2 is 2.00 bits per heavy atom. The predicted octanol–water partition coefficient (Wildman–Crippen LogP) is 2.95. The van der Waals surface area contributed by atoms with E-state index in [1.807, 2.05) is 0 Å². The van der Waals surface area contributed by atoms with Crippen LogP contribution in [0.1, 0.15) is 26.3 Å². The average molecular weight is 336 g/mol. The van der Waals surface area contributed by atoms with Gasteiger partial charge >= 0.3 is 0 Å². The van der Waals surface area contributed by atoms with E-state index in [0.717, 1.165) is 10.4 Å². The van der Waals surface area contributed by atoms with Gasteiger partial charge in [-0.25, -0.2) is 12.8 Å². The highest BCUT2D eigenvalue weighted by atomic mass is 35.5. The molecular formula is C14H19ClFNO3S. The maximum atomic E-state index is 14.3. The second kappa shape index (κ2) is 6.44. The fourth-order valence-corrected chi connectivity index (χ4v) is 4.09. The molecule has 0 unspecified atom stereocenters. The third kappa shape index (κ3) is 3.83. The number of aliphatic hydroxyl groups excluding tert-OH is 1. The first kappa shape index (κ1) is 18.1. The molecule has 0 amide bonds. The van der Waals surface area contributed by atoms with Gasteiger partial charge in [0.05, 0.1) is 6.61 Å². The lowest BCUT2D eigenvalue weighted by molar-refractivity contribution is 0.266. The normalized spacial score (nSPS) is 12.7. The van der Waals surface area contributed by atoms with Crippen LogP contribution in [0.4, 0.5) is 4.39 Å². The molecule has 1 N–H and O–H groups in total. The van der Waals surface area contributed by atoms with E-state index in [0.29, 0.717) is 0 Å². The lowest BCUT2D eigenvalue weighted by Gasteiger charge is -2.33. The minimum atomic E-state index is -4.12.